The Hall–Kier alpha value is -2.94. The lowest BCUT2D eigenvalue weighted by atomic mass is 9.88. The fourth-order valence-electron chi connectivity index (χ4n) is 4.59. The van der Waals surface area contributed by atoms with E-state index in [4.69, 9.17) is 16.7 Å². The van der Waals surface area contributed by atoms with Gasteiger partial charge in [0, 0.05) is 27.4 Å². The maximum absolute atomic E-state index is 10.7. The molecule has 0 fully saturated rings. The third kappa shape index (κ3) is 4.17. The maximum Gasteiger partial charge on any atom is 0.152 e. The number of nitrogens with zero attached hydrogens (tertiary/aromatic N) is 2. The number of benzene rings is 2. The second kappa shape index (κ2) is 9.37. The summed E-state index contributed by atoms with van der Waals surface area (Å²) < 4.78 is 1.85. The number of aliphatic hydroxyl groups excluding tert-OH is 3. The summed E-state index contributed by atoms with van der Waals surface area (Å²) in [6, 6.07) is 13.2. The molecule has 0 radical (unpaired) electrons. The van der Waals surface area contributed by atoms with E-state index in [1.807, 2.05) is 41.1 Å². The molecule has 3 atom stereocenters. The number of aliphatic hydroxyl groups is 3. The van der Waals surface area contributed by atoms with Crippen LogP contribution in [-0.4, -0.2) is 38.3 Å². The standard InChI is InChI=1S/C26H27ClN4O3/c1-28-26(34)23-20-13-7-15-6-8-16(29-25(33)19-4-2-3-5-22(19)27)14-21(15)24(20)31(30-23)17-9-11-18(32)12-10-17/h2-6,8-11,14,18,25-26,28-29,32-34H,7,12-13H2,1H3. The molecule has 2 aromatic carbocycles. The Morgan fingerprint density at radius 2 is 1.94 bits per heavy atom. The van der Waals surface area contributed by atoms with Crippen molar-refractivity contribution in [3.05, 3.63) is 88.1 Å². The summed E-state index contributed by atoms with van der Waals surface area (Å²) >= 11 is 6.26. The van der Waals surface area contributed by atoms with Gasteiger partial charge in [-0.05, 0) is 56.1 Å². The second-order valence-electron chi connectivity index (χ2n) is 8.55. The minimum atomic E-state index is -0.966. The van der Waals surface area contributed by atoms with Gasteiger partial charge in [0.1, 0.15) is 11.9 Å². The number of hydrogen-bond acceptors (Lipinski definition) is 6. The Morgan fingerprint density at radius 3 is 2.68 bits per heavy atom. The number of aromatic nitrogens is 2. The molecule has 0 aliphatic heterocycles. The first-order valence-corrected chi connectivity index (χ1v) is 11.7. The third-order valence-electron chi connectivity index (χ3n) is 6.36. The molecule has 0 saturated carbocycles. The number of fused-ring (bicyclic) bond motifs is 3. The molecule has 8 heteroatoms. The van der Waals surface area contributed by atoms with E-state index in [1.54, 1.807) is 25.3 Å². The Morgan fingerprint density at radius 1 is 1.12 bits per heavy atom. The van der Waals surface area contributed by atoms with Gasteiger partial charge in [-0.1, -0.05) is 48.0 Å². The first-order chi connectivity index (χ1) is 16.5. The Balaban J connectivity index is 1.58. The molecule has 1 heterocycles. The second-order valence-corrected chi connectivity index (χ2v) is 8.95. The molecule has 5 rings (SSSR count). The molecule has 7 nitrogen and oxygen atoms in total. The number of nitrogens with one attached hydrogen (secondary N) is 2. The summed E-state index contributed by atoms with van der Waals surface area (Å²) in [7, 11) is 1.70. The van der Waals surface area contributed by atoms with Crippen molar-refractivity contribution in [2.75, 3.05) is 12.4 Å². The lowest BCUT2D eigenvalue weighted by Gasteiger charge is -2.23. The van der Waals surface area contributed by atoms with Gasteiger partial charge >= 0.3 is 0 Å². The average Bonchev–Trinajstić information content (AvgIpc) is 3.24. The van der Waals surface area contributed by atoms with Crippen LogP contribution in [0.5, 0.6) is 0 Å². The van der Waals surface area contributed by atoms with E-state index in [0.29, 0.717) is 22.7 Å². The number of hydrogen-bond donors (Lipinski definition) is 5. The highest BCUT2D eigenvalue weighted by Crippen LogP contribution is 2.40. The first-order valence-electron chi connectivity index (χ1n) is 11.3. The van der Waals surface area contributed by atoms with Crippen molar-refractivity contribution < 1.29 is 15.3 Å². The minimum Gasteiger partial charge on any atom is -0.389 e. The molecular formula is C26H27ClN4O3. The largest absolute Gasteiger partial charge is 0.389 e. The van der Waals surface area contributed by atoms with Crippen LogP contribution in [0.4, 0.5) is 5.69 Å². The summed E-state index contributed by atoms with van der Waals surface area (Å²) in [4.78, 5) is 0. The number of halogens is 1. The van der Waals surface area contributed by atoms with Gasteiger partial charge in [-0.25, -0.2) is 4.68 Å². The SMILES string of the molecule is CNC(O)c1nn(C2=CCC(O)C=C2)c2c1CCc1ccc(NC(O)c3ccccc3Cl)cc1-2. The number of anilines is 1. The topological polar surface area (TPSA) is 103 Å². The van der Waals surface area contributed by atoms with E-state index in [2.05, 4.69) is 16.7 Å². The summed E-state index contributed by atoms with van der Waals surface area (Å²) in [6.45, 7) is 0. The van der Waals surface area contributed by atoms with Gasteiger partial charge < -0.3 is 20.6 Å². The average molecular weight is 479 g/mol. The van der Waals surface area contributed by atoms with Crippen LogP contribution in [-0.2, 0) is 12.8 Å². The zero-order valence-electron chi connectivity index (χ0n) is 18.7. The van der Waals surface area contributed by atoms with Crippen LogP contribution in [0, 0.1) is 0 Å². The van der Waals surface area contributed by atoms with Crippen LogP contribution in [0.25, 0.3) is 17.0 Å². The molecule has 0 saturated heterocycles. The van der Waals surface area contributed by atoms with E-state index in [-0.39, 0.29) is 0 Å². The molecule has 1 aromatic heterocycles. The predicted octanol–water partition coefficient (Wildman–Crippen LogP) is 3.78. The molecule has 2 aliphatic rings. The molecule has 2 aliphatic carbocycles. The van der Waals surface area contributed by atoms with Crippen LogP contribution in [0.2, 0.25) is 5.02 Å². The smallest absolute Gasteiger partial charge is 0.152 e. The van der Waals surface area contributed by atoms with Crippen LogP contribution in [0.3, 0.4) is 0 Å². The van der Waals surface area contributed by atoms with Crippen molar-refractivity contribution >= 4 is 23.0 Å². The minimum absolute atomic E-state index is 0.490. The van der Waals surface area contributed by atoms with Crippen molar-refractivity contribution in [3.8, 4) is 11.3 Å². The monoisotopic (exact) mass is 478 g/mol. The molecular weight excluding hydrogens is 452 g/mol. The van der Waals surface area contributed by atoms with E-state index in [0.717, 1.165) is 46.6 Å². The molecule has 176 valence electrons. The molecule has 0 bridgehead atoms. The zero-order valence-corrected chi connectivity index (χ0v) is 19.5. The third-order valence-corrected chi connectivity index (χ3v) is 6.71. The number of rotatable bonds is 6. The van der Waals surface area contributed by atoms with Gasteiger partial charge in [0.25, 0.3) is 0 Å². The summed E-state index contributed by atoms with van der Waals surface area (Å²) in [6.07, 6.45) is 5.27. The van der Waals surface area contributed by atoms with E-state index < -0.39 is 18.6 Å². The lowest BCUT2D eigenvalue weighted by molar-refractivity contribution is 0.143. The highest BCUT2D eigenvalue weighted by Gasteiger charge is 2.29. The highest BCUT2D eigenvalue weighted by molar-refractivity contribution is 6.31. The van der Waals surface area contributed by atoms with Crippen molar-refractivity contribution in [2.24, 2.45) is 0 Å². The molecule has 0 amide bonds. The van der Waals surface area contributed by atoms with E-state index >= 15 is 0 Å². The van der Waals surface area contributed by atoms with E-state index in [1.165, 1.54) is 0 Å². The molecule has 5 N–H and O–H groups in total. The fourth-order valence-corrected chi connectivity index (χ4v) is 4.82. The van der Waals surface area contributed by atoms with E-state index in [9.17, 15) is 15.3 Å². The zero-order chi connectivity index (χ0) is 23.8. The summed E-state index contributed by atoms with van der Waals surface area (Å²) in [5.41, 5.74) is 6.83. The quantitative estimate of drug-likeness (QED) is 0.346. The molecule has 3 unspecified atom stereocenters. The predicted molar refractivity (Wildman–Crippen MR) is 133 cm³/mol. The molecule has 0 spiro atoms. The Labute approximate surface area is 203 Å². The van der Waals surface area contributed by atoms with Gasteiger partial charge in [0.05, 0.1) is 17.5 Å². The van der Waals surface area contributed by atoms with Gasteiger partial charge in [-0.15, -0.1) is 0 Å². The van der Waals surface area contributed by atoms with Gasteiger partial charge in [-0.2, -0.15) is 5.10 Å². The Bertz CT molecular complexity index is 1280. The normalized spacial score (nSPS) is 18.6. The molecule has 34 heavy (non-hydrogen) atoms. The number of aryl methyl sites for hydroxylation is 1. The van der Waals surface area contributed by atoms with Crippen LogP contribution >= 0.6 is 11.6 Å². The van der Waals surface area contributed by atoms with Gasteiger partial charge in [0.15, 0.2) is 6.23 Å². The maximum atomic E-state index is 10.7. The van der Waals surface area contributed by atoms with Crippen LogP contribution in [0.15, 0.2) is 60.7 Å². The highest BCUT2D eigenvalue weighted by atomic mass is 35.5. The lowest BCUT2D eigenvalue weighted by Crippen LogP contribution is -2.18. The summed E-state index contributed by atoms with van der Waals surface area (Å²) in [5.74, 6) is 0. The van der Waals surface area contributed by atoms with Gasteiger partial charge in [-0.3, -0.25) is 5.32 Å². The van der Waals surface area contributed by atoms with Gasteiger partial charge in [0.2, 0.25) is 0 Å². The first kappa shape index (κ1) is 22.8. The van der Waals surface area contributed by atoms with Crippen LogP contribution in [0.1, 0.15) is 41.3 Å². The Kier molecular flexibility index (Phi) is 6.29. The van der Waals surface area contributed by atoms with Crippen molar-refractivity contribution in [1.29, 1.82) is 0 Å². The molecule has 3 aromatic rings. The number of allylic oxidation sites excluding steroid dienone is 2. The van der Waals surface area contributed by atoms with Crippen molar-refractivity contribution in [1.82, 2.24) is 15.1 Å². The van der Waals surface area contributed by atoms with Crippen molar-refractivity contribution in [3.63, 3.8) is 0 Å². The van der Waals surface area contributed by atoms with Crippen LogP contribution < -0.4 is 10.6 Å². The fraction of sp³-hybridized carbons (Fsp3) is 0.269. The summed E-state index contributed by atoms with van der Waals surface area (Å²) in [5, 5.41) is 42.5. The van der Waals surface area contributed by atoms with Crippen molar-refractivity contribution in [2.45, 2.75) is 37.8 Å².